The van der Waals surface area contributed by atoms with Crippen LogP contribution in [0.25, 0.3) is 11.3 Å². The largest absolute Gasteiger partial charge is 0.300 e. The normalized spacial score (nSPS) is 13.8. The molecule has 0 amide bonds. The van der Waals surface area contributed by atoms with Gasteiger partial charge in [-0.15, -0.1) is 11.3 Å². The summed E-state index contributed by atoms with van der Waals surface area (Å²) in [6, 6.07) is 6.64. The molecule has 82 valence electrons. The maximum Gasteiger partial charge on any atom is 0.197 e. The van der Waals surface area contributed by atoms with E-state index in [9.17, 15) is 0 Å². The lowest BCUT2D eigenvalue weighted by molar-refractivity contribution is 0.912. The summed E-state index contributed by atoms with van der Waals surface area (Å²) >= 11 is 1.53. The fraction of sp³-hybridized carbons (Fsp3) is 0.250. The van der Waals surface area contributed by atoms with Crippen LogP contribution >= 0.6 is 11.3 Å². The van der Waals surface area contributed by atoms with Crippen molar-refractivity contribution in [1.29, 1.82) is 0 Å². The van der Waals surface area contributed by atoms with Crippen molar-refractivity contribution in [2.45, 2.75) is 19.3 Å². The summed E-state index contributed by atoms with van der Waals surface area (Å²) < 4.78 is 0. The average molecular weight is 231 g/mol. The minimum atomic E-state index is 0.760. The molecule has 0 aliphatic heterocycles. The fourth-order valence-electron chi connectivity index (χ4n) is 2.20. The van der Waals surface area contributed by atoms with Crippen LogP contribution in [-0.4, -0.2) is 4.98 Å². The van der Waals surface area contributed by atoms with Gasteiger partial charge in [0.2, 0.25) is 0 Å². The van der Waals surface area contributed by atoms with Gasteiger partial charge in [0.1, 0.15) is 0 Å². The Labute approximate surface area is 98.3 Å². The first-order valence-corrected chi connectivity index (χ1v) is 6.29. The summed E-state index contributed by atoms with van der Waals surface area (Å²) in [5.41, 5.74) is 7.75. The van der Waals surface area contributed by atoms with Gasteiger partial charge < -0.3 is 0 Å². The lowest BCUT2D eigenvalue weighted by Crippen LogP contribution is -2.05. The van der Waals surface area contributed by atoms with E-state index in [4.69, 9.17) is 5.84 Å². The number of hydrogen-bond acceptors (Lipinski definition) is 4. The van der Waals surface area contributed by atoms with Gasteiger partial charge in [-0.3, -0.25) is 5.43 Å². The van der Waals surface area contributed by atoms with Gasteiger partial charge in [0.25, 0.3) is 0 Å². The van der Waals surface area contributed by atoms with E-state index < -0.39 is 0 Å². The van der Waals surface area contributed by atoms with Crippen molar-refractivity contribution in [2.24, 2.45) is 5.84 Å². The van der Waals surface area contributed by atoms with Crippen molar-refractivity contribution in [3.63, 3.8) is 0 Å². The third-order valence-electron chi connectivity index (χ3n) is 3.02. The first kappa shape index (κ1) is 9.81. The summed E-state index contributed by atoms with van der Waals surface area (Å²) in [4.78, 5) is 4.41. The molecule has 0 saturated heterocycles. The third-order valence-corrected chi connectivity index (χ3v) is 3.80. The monoisotopic (exact) mass is 231 g/mol. The molecule has 1 aliphatic rings. The van der Waals surface area contributed by atoms with E-state index in [-0.39, 0.29) is 0 Å². The van der Waals surface area contributed by atoms with Crippen molar-refractivity contribution in [1.82, 2.24) is 4.98 Å². The molecule has 2 aromatic rings. The Morgan fingerprint density at radius 3 is 2.94 bits per heavy atom. The van der Waals surface area contributed by atoms with Crippen molar-refractivity contribution < 1.29 is 0 Å². The Bertz CT molecular complexity index is 519. The van der Waals surface area contributed by atoms with Gasteiger partial charge in [0.15, 0.2) is 5.13 Å². The summed E-state index contributed by atoms with van der Waals surface area (Å²) in [5.74, 6) is 5.33. The van der Waals surface area contributed by atoms with Gasteiger partial charge in [-0.25, -0.2) is 10.8 Å². The predicted molar refractivity (Wildman–Crippen MR) is 67.4 cm³/mol. The van der Waals surface area contributed by atoms with Gasteiger partial charge in [0.05, 0.1) is 5.69 Å². The molecule has 4 heteroatoms. The van der Waals surface area contributed by atoms with Crippen LogP contribution in [0.5, 0.6) is 0 Å². The smallest absolute Gasteiger partial charge is 0.197 e. The highest BCUT2D eigenvalue weighted by molar-refractivity contribution is 7.14. The average Bonchev–Trinajstić information content (AvgIpc) is 2.96. The van der Waals surface area contributed by atoms with Crippen LogP contribution in [0.4, 0.5) is 5.13 Å². The molecule has 0 saturated carbocycles. The van der Waals surface area contributed by atoms with E-state index >= 15 is 0 Å². The molecule has 0 fully saturated rings. The van der Waals surface area contributed by atoms with Gasteiger partial charge in [-0.2, -0.15) is 0 Å². The van der Waals surface area contributed by atoms with Gasteiger partial charge in [-0.05, 0) is 36.5 Å². The second-order valence-electron chi connectivity index (χ2n) is 4.02. The van der Waals surface area contributed by atoms with Gasteiger partial charge >= 0.3 is 0 Å². The lowest BCUT2D eigenvalue weighted by Gasteiger charge is -2.01. The number of aromatic nitrogens is 1. The number of thiazole rings is 1. The second-order valence-corrected chi connectivity index (χ2v) is 4.88. The minimum absolute atomic E-state index is 0.760. The first-order chi connectivity index (χ1) is 7.86. The minimum Gasteiger partial charge on any atom is -0.300 e. The van der Waals surface area contributed by atoms with Crippen molar-refractivity contribution >= 4 is 16.5 Å². The number of aryl methyl sites for hydroxylation is 2. The molecule has 1 heterocycles. The molecule has 0 bridgehead atoms. The molecule has 1 aliphatic carbocycles. The summed E-state index contributed by atoms with van der Waals surface area (Å²) in [7, 11) is 0. The molecule has 0 atom stereocenters. The molecular formula is C12H13N3S. The van der Waals surface area contributed by atoms with Crippen LogP contribution in [0.15, 0.2) is 23.6 Å². The fourth-order valence-corrected chi connectivity index (χ4v) is 2.83. The van der Waals surface area contributed by atoms with E-state index in [1.807, 2.05) is 5.38 Å². The molecule has 16 heavy (non-hydrogen) atoms. The van der Waals surface area contributed by atoms with Crippen LogP contribution in [0.2, 0.25) is 0 Å². The SMILES string of the molecule is NNc1nc(-c2ccc3c(c2)CCC3)cs1. The van der Waals surface area contributed by atoms with E-state index in [2.05, 4.69) is 28.6 Å². The maximum absolute atomic E-state index is 5.33. The Hall–Kier alpha value is -1.39. The van der Waals surface area contributed by atoms with Gasteiger partial charge in [-0.1, -0.05) is 12.1 Å². The number of hydrogen-bond donors (Lipinski definition) is 2. The molecule has 3 rings (SSSR count). The number of rotatable bonds is 2. The summed E-state index contributed by atoms with van der Waals surface area (Å²) in [6.07, 6.45) is 3.71. The zero-order valence-electron chi connectivity index (χ0n) is 8.86. The van der Waals surface area contributed by atoms with E-state index in [0.717, 1.165) is 10.8 Å². The zero-order valence-corrected chi connectivity index (χ0v) is 9.68. The molecule has 1 aromatic carbocycles. The van der Waals surface area contributed by atoms with Crippen LogP contribution < -0.4 is 11.3 Å². The first-order valence-electron chi connectivity index (χ1n) is 5.41. The molecule has 0 spiro atoms. The second kappa shape index (κ2) is 3.88. The molecular weight excluding hydrogens is 218 g/mol. The number of nitrogens with one attached hydrogen (secondary N) is 1. The Morgan fingerprint density at radius 2 is 2.12 bits per heavy atom. The van der Waals surface area contributed by atoms with Gasteiger partial charge in [0, 0.05) is 10.9 Å². The Morgan fingerprint density at radius 1 is 1.25 bits per heavy atom. The maximum atomic E-state index is 5.33. The molecule has 0 radical (unpaired) electrons. The molecule has 0 unspecified atom stereocenters. The lowest BCUT2D eigenvalue weighted by atomic mass is 10.1. The van der Waals surface area contributed by atoms with E-state index in [1.165, 1.54) is 47.3 Å². The third kappa shape index (κ3) is 1.60. The number of nitrogens with zero attached hydrogens (tertiary/aromatic N) is 1. The summed E-state index contributed by atoms with van der Waals surface area (Å²) in [5, 5.41) is 2.79. The van der Waals surface area contributed by atoms with Crippen molar-refractivity contribution in [3.05, 3.63) is 34.7 Å². The topological polar surface area (TPSA) is 50.9 Å². The predicted octanol–water partition coefficient (Wildman–Crippen LogP) is 2.58. The number of fused-ring (bicyclic) bond motifs is 1. The van der Waals surface area contributed by atoms with Crippen LogP contribution in [-0.2, 0) is 12.8 Å². The highest BCUT2D eigenvalue weighted by Crippen LogP contribution is 2.29. The van der Waals surface area contributed by atoms with E-state index in [1.54, 1.807) is 0 Å². The van der Waals surface area contributed by atoms with Crippen LogP contribution in [0.1, 0.15) is 17.5 Å². The number of benzene rings is 1. The number of nitrogen functional groups attached to an aromatic ring is 1. The zero-order chi connectivity index (χ0) is 11.0. The molecule has 3 N–H and O–H groups in total. The van der Waals surface area contributed by atoms with Crippen LogP contribution in [0.3, 0.4) is 0 Å². The molecule has 3 nitrogen and oxygen atoms in total. The number of anilines is 1. The summed E-state index contributed by atoms with van der Waals surface area (Å²) in [6.45, 7) is 0. The quantitative estimate of drug-likeness (QED) is 0.617. The van der Waals surface area contributed by atoms with Crippen molar-refractivity contribution in [2.75, 3.05) is 5.43 Å². The Balaban J connectivity index is 2.00. The molecule has 1 aromatic heterocycles. The highest BCUT2D eigenvalue weighted by atomic mass is 32.1. The highest BCUT2D eigenvalue weighted by Gasteiger charge is 2.12. The number of nitrogens with two attached hydrogens (primary N) is 1. The van der Waals surface area contributed by atoms with Crippen molar-refractivity contribution in [3.8, 4) is 11.3 Å². The van der Waals surface area contributed by atoms with Crippen LogP contribution in [0, 0.1) is 0 Å². The Kier molecular flexibility index (Phi) is 2.38. The standard InChI is InChI=1S/C12H13N3S/c13-15-12-14-11(7-16-12)10-5-4-8-2-1-3-9(8)6-10/h4-7H,1-3,13H2,(H,14,15). The number of hydrazine groups is 1. The van der Waals surface area contributed by atoms with E-state index in [0.29, 0.717) is 0 Å².